The predicted molar refractivity (Wildman–Crippen MR) is 266 cm³/mol. The number of aliphatic carboxylic acids is 5. The van der Waals surface area contributed by atoms with Gasteiger partial charge in [0, 0.05) is 31.4 Å². The van der Waals surface area contributed by atoms with Crippen molar-refractivity contribution in [3.63, 3.8) is 0 Å². The van der Waals surface area contributed by atoms with Crippen molar-refractivity contribution in [2.45, 2.75) is 145 Å². The fraction of sp³-hybridized carbons (Fsp3) is 0.628. The molecule has 0 saturated heterocycles. The molecule has 0 unspecified atom stereocenters. The van der Waals surface area contributed by atoms with Crippen molar-refractivity contribution in [1.82, 2.24) is 47.9 Å². The first kappa shape index (κ1) is 70.8. The second-order valence-electron chi connectivity index (χ2n) is 17.4. The normalized spacial score (nSPS) is 15.0. The lowest BCUT2D eigenvalue weighted by molar-refractivity contribution is -0.144. The predicted octanol–water partition coefficient (Wildman–Crippen LogP) is -9.07. The first-order valence-corrected chi connectivity index (χ1v) is 24.4. The number of rotatable bonds is 40. The Kier molecular flexibility index (Phi) is 32.2. The molecule has 35 nitrogen and oxygen atoms in total. The fourth-order valence-corrected chi connectivity index (χ4v) is 6.80. The van der Waals surface area contributed by atoms with Crippen molar-refractivity contribution in [3.05, 3.63) is 0 Å². The van der Waals surface area contributed by atoms with Crippen LogP contribution in [0.25, 0.3) is 0 Å². The number of hydrogen-bond donors (Lipinski definition) is 20. The summed E-state index contributed by atoms with van der Waals surface area (Å²) in [6.45, 7) is 1.13. The van der Waals surface area contributed by atoms with Gasteiger partial charge in [-0.3, -0.25) is 71.9 Å². The smallest absolute Gasteiger partial charge is 0.326 e. The molecule has 0 radical (unpaired) electrons. The number of hydrogen-bond acceptors (Lipinski definition) is 20. The zero-order valence-electron chi connectivity index (χ0n) is 42.6. The zero-order chi connectivity index (χ0) is 60.9. The van der Waals surface area contributed by atoms with E-state index in [2.05, 4.69) is 39.2 Å². The lowest BCUT2D eigenvalue weighted by Crippen LogP contribution is -2.61. The van der Waals surface area contributed by atoms with Crippen LogP contribution >= 0.6 is 12.6 Å². The molecule has 36 heteroatoms. The van der Waals surface area contributed by atoms with Crippen LogP contribution in [0.2, 0.25) is 0 Å². The molecule has 0 fully saturated rings. The van der Waals surface area contributed by atoms with E-state index in [0.717, 1.165) is 0 Å². The van der Waals surface area contributed by atoms with Crippen molar-refractivity contribution in [2.75, 3.05) is 19.0 Å². The van der Waals surface area contributed by atoms with E-state index in [9.17, 15) is 107 Å². The number of nitrogens with one attached hydrogen (secondary N) is 9. The molecule has 22 N–H and O–H groups in total. The Bertz CT molecular complexity index is 2260. The lowest BCUT2D eigenvalue weighted by atomic mass is 9.97. The van der Waals surface area contributed by atoms with Gasteiger partial charge < -0.3 is 101 Å². The Morgan fingerprint density at radius 2 is 0.722 bits per heavy atom. The summed E-state index contributed by atoms with van der Waals surface area (Å²) in [7, 11) is 0. The number of carboxylic acids is 5. The number of carbonyl (C=O) groups excluding carboxylic acids is 11. The van der Waals surface area contributed by atoms with Gasteiger partial charge in [0.15, 0.2) is 0 Å². The lowest BCUT2D eigenvalue weighted by Gasteiger charge is -2.28. The molecule has 0 bridgehead atoms. The Morgan fingerprint density at radius 3 is 1.06 bits per heavy atom. The molecule has 11 atom stereocenters. The summed E-state index contributed by atoms with van der Waals surface area (Å²) in [5, 5.41) is 85.0. The van der Waals surface area contributed by atoms with Crippen LogP contribution in [-0.4, -0.2) is 210 Å². The molecule has 0 rings (SSSR count). The second kappa shape index (κ2) is 36.0. The second-order valence-corrected chi connectivity index (χ2v) is 17.8. The van der Waals surface area contributed by atoms with E-state index in [1.165, 1.54) is 6.92 Å². The van der Waals surface area contributed by atoms with Gasteiger partial charge in [-0.1, -0.05) is 20.3 Å². The average Bonchev–Trinajstić information content (AvgIpc) is 3.36. The van der Waals surface area contributed by atoms with Crippen LogP contribution < -0.4 is 65.1 Å². The maximum Gasteiger partial charge on any atom is 0.326 e. The van der Waals surface area contributed by atoms with E-state index >= 15 is 0 Å². The average molecular weight is 1150 g/mol. The molecular weight excluding hydrogens is 1080 g/mol. The highest BCUT2D eigenvalue weighted by Gasteiger charge is 2.37. The number of thiol groups is 1. The van der Waals surface area contributed by atoms with E-state index in [4.69, 9.17) is 22.3 Å². The summed E-state index contributed by atoms with van der Waals surface area (Å²) < 4.78 is 0. The Morgan fingerprint density at radius 1 is 0.405 bits per heavy atom. The van der Waals surface area contributed by atoms with Crippen LogP contribution in [0.4, 0.5) is 0 Å². The number of nitrogens with two attached hydrogens (primary N) is 3. The van der Waals surface area contributed by atoms with Crippen LogP contribution in [0.3, 0.4) is 0 Å². The molecule has 0 heterocycles. The molecule has 0 aliphatic heterocycles. The molecule has 0 aromatic rings. The number of aliphatic hydroxyl groups is 2. The van der Waals surface area contributed by atoms with Crippen molar-refractivity contribution in [3.8, 4) is 0 Å². The van der Waals surface area contributed by atoms with E-state index in [1.807, 2.05) is 21.3 Å². The minimum Gasteiger partial charge on any atom is -0.481 e. The molecule has 0 spiro atoms. The van der Waals surface area contributed by atoms with Crippen molar-refractivity contribution in [2.24, 2.45) is 23.1 Å². The van der Waals surface area contributed by atoms with Crippen molar-refractivity contribution < 1.29 is 112 Å². The maximum atomic E-state index is 13.7. The van der Waals surface area contributed by atoms with Gasteiger partial charge >= 0.3 is 29.8 Å². The van der Waals surface area contributed by atoms with Crippen LogP contribution in [0, 0.1) is 5.92 Å². The third-order valence-electron chi connectivity index (χ3n) is 11.1. The highest BCUT2D eigenvalue weighted by molar-refractivity contribution is 7.80. The Hall–Kier alpha value is -8.25. The summed E-state index contributed by atoms with van der Waals surface area (Å²) in [6, 6.07) is -18.5. The minimum atomic E-state index is -2.17. The number of amides is 11. The van der Waals surface area contributed by atoms with E-state index in [1.54, 1.807) is 6.92 Å². The zero-order valence-corrected chi connectivity index (χ0v) is 43.5. The summed E-state index contributed by atoms with van der Waals surface area (Å²) in [5.74, 6) is -23.2. The highest BCUT2D eigenvalue weighted by atomic mass is 32.1. The quantitative estimate of drug-likeness (QED) is 0.0253. The molecule has 79 heavy (non-hydrogen) atoms. The van der Waals surface area contributed by atoms with Gasteiger partial charge in [0.2, 0.25) is 65.0 Å². The number of carbonyl (C=O) groups is 16. The summed E-state index contributed by atoms with van der Waals surface area (Å²) in [4.78, 5) is 201. The van der Waals surface area contributed by atoms with Gasteiger partial charge in [-0.05, 0) is 31.6 Å². The first-order chi connectivity index (χ1) is 36.8. The third kappa shape index (κ3) is 27.6. The van der Waals surface area contributed by atoms with Crippen molar-refractivity contribution >= 4 is 107 Å². The molecule has 11 amide bonds. The number of primary amides is 2. The van der Waals surface area contributed by atoms with Gasteiger partial charge in [-0.25, -0.2) is 4.79 Å². The fourth-order valence-electron chi connectivity index (χ4n) is 6.54. The highest BCUT2D eigenvalue weighted by Crippen LogP contribution is 2.12. The molecule has 0 saturated carbocycles. The van der Waals surface area contributed by atoms with Crippen LogP contribution in [0.15, 0.2) is 0 Å². The Balaban J connectivity index is 6.60. The maximum absolute atomic E-state index is 13.7. The summed E-state index contributed by atoms with van der Waals surface area (Å²) >= 11 is 3.98. The van der Waals surface area contributed by atoms with E-state index in [-0.39, 0.29) is 6.42 Å². The standard InChI is InChI=1S/C43H68N12O23S/c1-3-17(2)33(55-34(68)18(44)14-56)42(76)49-21(6-10-29(60)61)35(69)47-20(5-9-28(46)59)37(71)53-25(15-57)40(74)54-26(16-79)41(75)52-23(12-31(64)65)38(72)48-19(4-8-27(45)58)36(70)51-24(13-32(66)67)39(73)50-22(43(77)78)7-11-30(62)63/h17-26,33,56-57,79H,3-16,44H2,1-2H3,(H2,45,58)(H2,46,59)(H,47,69)(H,48,72)(H,49,76)(H,50,73)(H,51,70)(H,52,75)(H,53,71)(H,54,74)(H,55,68)(H,60,61)(H,62,63)(H,64,65)(H,66,67)(H,77,78)/t17-,18-,19-,20-,21-,22-,23-,24-,25-,26-,33-/m0/s1. The topological polar surface area (TPSA) is 601 Å². The van der Waals surface area contributed by atoms with Crippen LogP contribution in [-0.2, 0) is 76.7 Å². The largest absolute Gasteiger partial charge is 0.481 e. The molecule has 0 aromatic carbocycles. The van der Waals surface area contributed by atoms with Gasteiger partial charge in [0.1, 0.15) is 60.4 Å². The Labute approximate surface area is 453 Å². The van der Waals surface area contributed by atoms with Gasteiger partial charge in [-0.15, -0.1) is 0 Å². The molecule has 0 aliphatic rings. The minimum absolute atomic E-state index is 0.271. The third-order valence-corrected chi connectivity index (χ3v) is 11.5. The monoisotopic (exact) mass is 1150 g/mol. The molecule has 0 aliphatic carbocycles. The van der Waals surface area contributed by atoms with Crippen molar-refractivity contribution in [1.29, 1.82) is 0 Å². The van der Waals surface area contributed by atoms with Crippen LogP contribution in [0.1, 0.15) is 84.5 Å². The van der Waals surface area contributed by atoms with E-state index < -0.39 is 244 Å². The van der Waals surface area contributed by atoms with Gasteiger partial charge in [0.25, 0.3) is 0 Å². The van der Waals surface area contributed by atoms with Gasteiger partial charge in [0.05, 0.1) is 26.1 Å². The molecule has 0 aromatic heterocycles. The molecular formula is C43H68N12O23S. The number of carboxylic acid groups (broad SMARTS) is 5. The summed E-state index contributed by atoms with van der Waals surface area (Å²) in [6.07, 6.45) is -7.69. The summed E-state index contributed by atoms with van der Waals surface area (Å²) in [5.41, 5.74) is 16.0. The van der Waals surface area contributed by atoms with Gasteiger partial charge in [-0.2, -0.15) is 12.6 Å². The van der Waals surface area contributed by atoms with E-state index in [0.29, 0.717) is 0 Å². The van der Waals surface area contributed by atoms with Crippen LogP contribution in [0.5, 0.6) is 0 Å². The SMILES string of the molecule is CC[C@H](C)[C@H](NC(=O)[C@@H](N)CO)C(=O)N[C@@H](CCC(=O)O)C(=O)N[C@@H](CCC(N)=O)C(=O)N[C@@H](CO)C(=O)N[C@@H](CS)C(=O)N[C@@H](CC(=O)O)C(=O)N[C@@H](CCC(N)=O)C(=O)N[C@@H](CC(=O)O)C(=O)N[C@@H](CCC(=O)O)C(=O)O. The number of aliphatic hydroxyl groups excluding tert-OH is 2. The molecule has 444 valence electrons. The first-order valence-electron chi connectivity index (χ1n) is 23.8.